The molecule has 0 radical (unpaired) electrons. The average Bonchev–Trinajstić information content (AvgIpc) is 2.87. The molecular weight excluding hydrogens is 453 g/mol. The number of benzene rings is 4. The first-order valence-corrected chi connectivity index (χ1v) is 10.6. The van der Waals surface area contributed by atoms with Crippen molar-refractivity contribution in [2.24, 2.45) is 5.10 Å². The highest BCUT2D eigenvalue weighted by Gasteiger charge is 2.15. The average molecular weight is 473 g/mol. The third-order valence-electron chi connectivity index (χ3n) is 5.04. The fourth-order valence-corrected chi connectivity index (χ4v) is 3.35. The van der Waals surface area contributed by atoms with Gasteiger partial charge in [0.2, 0.25) is 0 Å². The van der Waals surface area contributed by atoms with Gasteiger partial charge in [-0.2, -0.15) is 5.10 Å². The predicted molar refractivity (Wildman–Crippen MR) is 129 cm³/mol. The van der Waals surface area contributed by atoms with Crippen LogP contribution in [0.25, 0.3) is 10.8 Å². The number of nitrogens with zero attached hydrogens (tertiary/aromatic N) is 2. The zero-order chi connectivity index (χ0) is 24.6. The summed E-state index contributed by atoms with van der Waals surface area (Å²) in [4.78, 5) is 22.7. The van der Waals surface area contributed by atoms with E-state index in [2.05, 4.69) is 10.5 Å². The van der Waals surface area contributed by atoms with Gasteiger partial charge in [0.15, 0.2) is 12.4 Å². The van der Waals surface area contributed by atoms with Gasteiger partial charge in [0, 0.05) is 11.6 Å². The summed E-state index contributed by atoms with van der Waals surface area (Å²) < 4.78 is 24.4. The van der Waals surface area contributed by atoms with E-state index < -0.39 is 17.4 Å². The minimum atomic E-state index is -0.589. The van der Waals surface area contributed by atoms with Crippen LogP contribution in [0.1, 0.15) is 11.1 Å². The third kappa shape index (κ3) is 5.97. The molecule has 8 nitrogen and oxygen atoms in total. The quantitative estimate of drug-likeness (QED) is 0.209. The van der Waals surface area contributed by atoms with Crippen LogP contribution in [-0.4, -0.2) is 23.7 Å². The van der Waals surface area contributed by atoms with Crippen molar-refractivity contribution >= 4 is 28.6 Å². The maximum Gasteiger partial charge on any atom is 0.310 e. The Bertz CT molecular complexity index is 1390. The molecule has 0 atom stereocenters. The molecule has 4 aromatic rings. The largest absolute Gasteiger partial charge is 0.488 e. The number of nitro groups is 1. The highest BCUT2D eigenvalue weighted by atomic mass is 19.1. The van der Waals surface area contributed by atoms with Crippen LogP contribution in [0.2, 0.25) is 0 Å². The van der Waals surface area contributed by atoms with E-state index in [4.69, 9.17) is 9.47 Å². The third-order valence-corrected chi connectivity index (χ3v) is 5.04. The normalized spacial score (nSPS) is 10.9. The van der Waals surface area contributed by atoms with Crippen LogP contribution in [0.4, 0.5) is 10.1 Å². The lowest BCUT2D eigenvalue weighted by Gasteiger charge is -2.12. The number of rotatable bonds is 9. The number of carbonyl (C=O) groups excluding carboxylic acids is 1. The van der Waals surface area contributed by atoms with Crippen LogP contribution in [0, 0.1) is 15.9 Å². The van der Waals surface area contributed by atoms with Crippen molar-refractivity contribution in [3.8, 4) is 11.5 Å². The van der Waals surface area contributed by atoms with E-state index in [1.807, 2.05) is 30.3 Å². The summed E-state index contributed by atoms with van der Waals surface area (Å²) in [6.07, 6.45) is 1.46. The number of amides is 1. The van der Waals surface area contributed by atoms with Crippen molar-refractivity contribution in [1.29, 1.82) is 0 Å². The molecule has 35 heavy (non-hydrogen) atoms. The Labute approximate surface area is 199 Å². The molecule has 0 fully saturated rings. The lowest BCUT2D eigenvalue weighted by atomic mass is 10.0. The predicted octanol–water partition coefficient (Wildman–Crippen LogP) is 5.00. The van der Waals surface area contributed by atoms with Crippen molar-refractivity contribution in [2.45, 2.75) is 6.61 Å². The number of halogens is 1. The van der Waals surface area contributed by atoms with Crippen LogP contribution in [-0.2, 0) is 11.4 Å². The number of hydrazone groups is 1. The Balaban J connectivity index is 1.46. The first-order valence-electron chi connectivity index (χ1n) is 10.6. The molecule has 1 amide bonds. The zero-order valence-electron chi connectivity index (χ0n) is 18.4. The van der Waals surface area contributed by atoms with Gasteiger partial charge in [0.05, 0.1) is 11.1 Å². The number of carbonyl (C=O) groups is 1. The van der Waals surface area contributed by atoms with E-state index in [0.29, 0.717) is 11.3 Å². The number of hydrogen-bond donors (Lipinski definition) is 1. The maximum absolute atomic E-state index is 13.2. The van der Waals surface area contributed by atoms with Gasteiger partial charge in [0.25, 0.3) is 5.91 Å². The fourth-order valence-electron chi connectivity index (χ4n) is 3.35. The molecule has 0 bridgehead atoms. The molecule has 0 aromatic heterocycles. The molecule has 4 rings (SSSR count). The summed E-state index contributed by atoms with van der Waals surface area (Å²) in [6.45, 7) is -0.235. The number of ether oxygens (including phenoxy) is 2. The van der Waals surface area contributed by atoms with Gasteiger partial charge < -0.3 is 9.47 Å². The summed E-state index contributed by atoms with van der Waals surface area (Å²) in [5.74, 6) is -0.397. The molecule has 0 aliphatic heterocycles. The van der Waals surface area contributed by atoms with E-state index in [-0.39, 0.29) is 23.9 Å². The Morgan fingerprint density at radius 3 is 2.49 bits per heavy atom. The van der Waals surface area contributed by atoms with E-state index >= 15 is 0 Å². The molecule has 1 N–H and O–H groups in total. The van der Waals surface area contributed by atoms with Gasteiger partial charge in [-0.15, -0.1) is 0 Å². The maximum atomic E-state index is 13.2. The van der Waals surface area contributed by atoms with Gasteiger partial charge in [-0.3, -0.25) is 14.9 Å². The molecule has 176 valence electrons. The van der Waals surface area contributed by atoms with Gasteiger partial charge >= 0.3 is 5.69 Å². The lowest BCUT2D eigenvalue weighted by Crippen LogP contribution is -2.24. The Morgan fingerprint density at radius 2 is 1.69 bits per heavy atom. The highest BCUT2D eigenvalue weighted by Crippen LogP contribution is 2.28. The molecular formula is C26H20FN3O5. The number of nitro benzene ring substituents is 1. The molecule has 0 saturated carbocycles. The van der Waals surface area contributed by atoms with Crippen LogP contribution < -0.4 is 14.9 Å². The second-order valence-electron chi connectivity index (χ2n) is 7.42. The van der Waals surface area contributed by atoms with Crippen LogP contribution >= 0.6 is 0 Å². The van der Waals surface area contributed by atoms with Crippen molar-refractivity contribution < 1.29 is 23.6 Å². The summed E-state index contributed by atoms with van der Waals surface area (Å²) in [6, 6.07) is 23.1. The van der Waals surface area contributed by atoms with Crippen LogP contribution in [0.5, 0.6) is 11.5 Å². The lowest BCUT2D eigenvalue weighted by molar-refractivity contribution is -0.385. The molecule has 0 aliphatic carbocycles. The zero-order valence-corrected chi connectivity index (χ0v) is 18.4. The molecule has 0 heterocycles. The molecule has 0 saturated heterocycles. The Morgan fingerprint density at radius 1 is 0.943 bits per heavy atom. The molecule has 0 spiro atoms. The standard InChI is InChI=1S/C26H20FN3O5/c27-20-12-9-18(10-13-20)16-34-24-14-11-19-5-1-2-6-21(19)22(24)15-28-29-26(31)17-35-25-8-4-3-7-23(25)30(32)33/h1-15H,16-17H2,(H,29,31). The van der Waals surface area contributed by atoms with Crippen LogP contribution in [0.3, 0.4) is 0 Å². The van der Waals surface area contributed by atoms with Crippen molar-refractivity contribution in [1.82, 2.24) is 5.43 Å². The van der Waals surface area contributed by atoms with Crippen LogP contribution in [0.15, 0.2) is 90.0 Å². The van der Waals surface area contributed by atoms with E-state index in [9.17, 15) is 19.3 Å². The molecule has 9 heteroatoms. The van der Waals surface area contributed by atoms with Gasteiger partial charge in [-0.1, -0.05) is 54.6 Å². The molecule has 0 aliphatic rings. The number of para-hydroxylation sites is 2. The second kappa shape index (κ2) is 10.9. The minimum Gasteiger partial charge on any atom is -0.488 e. The smallest absolute Gasteiger partial charge is 0.310 e. The first kappa shape index (κ1) is 23.4. The number of hydrogen-bond acceptors (Lipinski definition) is 6. The van der Waals surface area contributed by atoms with Gasteiger partial charge in [0.1, 0.15) is 18.2 Å². The highest BCUT2D eigenvalue weighted by molar-refractivity contribution is 6.02. The molecule has 0 unspecified atom stereocenters. The summed E-state index contributed by atoms with van der Waals surface area (Å²) >= 11 is 0. The summed E-state index contributed by atoms with van der Waals surface area (Å²) in [7, 11) is 0. The number of nitrogens with one attached hydrogen (secondary N) is 1. The van der Waals surface area contributed by atoms with E-state index in [1.165, 1.54) is 36.5 Å². The first-order chi connectivity index (χ1) is 17.0. The minimum absolute atomic E-state index is 0.0119. The summed E-state index contributed by atoms with van der Waals surface area (Å²) in [5, 5.41) is 16.9. The fraction of sp³-hybridized carbons (Fsp3) is 0.0769. The topological polar surface area (TPSA) is 103 Å². The molecule has 4 aromatic carbocycles. The van der Waals surface area contributed by atoms with Gasteiger partial charge in [-0.05, 0) is 40.6 Å². The Hall–Kier alpha value is -4.79. The van der Waals surface area contributed by atoms with Crippen molar-refractivity contribution in [2.75, 3.05) is 6.61 Å². The van der Waals surface area contributed by atoms with Crippen molar-refractivity contribution in [3.63, 3.8) is 0 Å². The second-order valence-corrected chi connectivity index (χ2v) is 7.42. The monoisotopic (exact) mass is 473 g/mol. The van der Waals surface area contributed by atoms with Gasteiger partial charge in [-0.25, -0.2) is 9.82 Å². The van der Waals surface area contributed by atoms with E-state index in [0.717, 1.165) is 16.3 Å². The summed E-state index contributed by atoms with van der Waals surface area (Å²) in [5.41, 5.74) is 3.56. The number of fused-ring (bicyclic) bond motifs is 1. The SMILES string of the molecule is O=C(COc1ccccc1[N+](=O)[O-])NN=Cc1c(OCc2ccc(F)cc2)ccc2ccccc12. The van der Waals surface area contributed by atoms with E-state index in [1.54, 1.807) is 24.3 Å². The Kier molecular flexibility index (Phi) is 7.27. The van der Waals surface area contributed by atoms with Crippen molar-refractivity contribution in [3.05, 3.63) is 112 Å².